The number of carbonyl (C=O) groups excluding carboxylic acids is 1. The van der Waals surface area contributed by atoms with E-state index in [2.05, 4.69) is 5.32 Å². The molecule has 0 unspecified atom stereocenters. The number of thioether (sulfide) groups is 1. The van der Waals surface area contributed by atoms with Crippen LogP contribution in [0, 0.1) is 5.82 Å². The number of hydrogen-bond donors (Lipinski definition) is 1. The van der Waals surface area contributed by atoms with E-state index >= 15 is 0 Å². The van der Waals surface area contributed by atoms with Crippen molar-refractivity contribution in [1.29, 1.82) is 0 Å². The summed E-state index contributed by atoms with van der Waals surface area (Å²) in [5.41, 5.74) is 1.82. The van der Waals surface area contributed by atoms with Crippen LogP contribution in [-0.2, 0) is 4.79 Å². The summed E-state index contributed by atoms with van der Waals surface area (Å²) < 4.78 is 13.0. The van der Waals surface area contributed by atoms with Crippen molar-refractivity contribution in [3.8, 4) is 0 Å². The fraction of sp³-hybridized carbons (Fsp3) is 0.133. The van der Waals surface area contributed by atoms with E-state index in [1.54, 1.807) is 23.9 Å². The summed E-state index contributed by atoms with van der Waals surface area (Å²) in [5, 5.41) is 2.92. The van der Waals surface area contributed by atoms with Gasteiger partial charge in [0.25, 0.3) is 0 Å². The van der Waals surface area contributed by atoms with Crippen LogP contribution >= 0.6 is 11.8 Å². The molecule has 1 heterocycles. The van der Waals surface area contributed by atoms with E-state index in [-0.39, 0.29) is 17.0 Å². The van der Waals surface area contributed by atoms with Crippen molar-refractivity contribution in [3.63, 3.8) is 0 Å². The maximum Gasteiger partial charge on any atom is 0.225 e. The quantitative estimate of drug-likeness (QED) is 0.850. The third-order valence-corrected chi connectivity index (χ3v) is 4.38. The molecule has 19 heavy (non-hydrogen) atoms. The number of amides is 1. The zero-order valence-electron chi connectivity index (χ0n) is 10.1. The standard InChI is InChI=1S/C15H12FNOS/c16-11-7-5-10(6-8-11)14-9-15(18)17-12-3-1-2-4-13(12)19-14/h1-8,14H,9H2,(H,17,18)/t14-/m0/s1. The molecule has 0 radical (unpaired) electrons. The minimum Gasteiger partial charge on any atom is -0.325 e. The van der Waals surface area contributed by atoms with Gasteiger partial charge in [-0.2, -0.15) is 0 Å². The lowest BCUT2D eigenvalue weighted by Gasteiger charge is -2.13. The summed E-state index contributed by atoms with van der Waals surface area (Å²) in [6, 6.07) is 14.1. The minimum absolute atomic E-state index is 0.00762. The Labute approximate surface area is 115 Å². The van der Waals surface area contributed by atoms with Crippen LogP contribution in [0.3, 0.4) is 0 Å². The number of halogens is 1. The number of carbonyl (C=O) groups is 1. The Kier molecular flexibility index (Phi) is 3.25. The fourth-order valence-electron chi connectivity index (χ4n) is 2.10. The molecule has 1 N–H and O–H groups in total. The number of para-hydroxylation sites is 1. The Balaban J connectivity index is 1.95. The maximum absolute atomic E-state index is 13.0. The lowest BCUT2D eigenvalue weighted by atomic mass is 10.1. The molecule has 96 valence electrons. The molecular formula is C15H12FNOS. The Bertz CT molecular complexity index is 612. The average Bonchev–Trinajstić information content (AvgIpc) is 2.57. The van der Waals surface area contributed by atoms with Crippen molar-refractivity contribution >= 4 is 23.4 Å². The van der Waals surface area contributed by atoms with Gasteiger partial charge in [0.05, 0.1) is 5.69 Å². The van der Waals surface area contributed by atoms with Gasteiger partial charge >= 0.3 is 0 Å². The lowest BCUT2D eigenvalue weighted by Crippen LogP contribution is -2.11. The van der Waals surface area contributed by atoms with E-state index < -0.39 is 0 Å². The largest absolute Gasteiger partial charge is 0.325 e. The number of nitrogens with one attached hydrogen (secondary N) is 1. The molecule has 2 aromatic rings. The SMILES string of the molecule is O=C1C[C@@H](c2ccc(F)cc2)Sc2ccccc2N1. The van der Waals surface area contributed by atoms with Gasteiger partial charge in [-0.05, 0) is 29.8 Å². The molecule has 2 nitrogen and oxygen atoms in total. The Morgan fingerprint density at radius 3 is 2.63 bits per heavy atom. The molecule has 1 aliphatic heterocycles. The molecule has 0 saturated carbocycles. The van der Waals surface area contributed by atoms with Crippen LogP contribution in [-0.4, -0.2) is 5.91 Å². The molecule has 1 amide bonds. The predicted octanol–water partition coefficient (Wildman–Crippen LogP) is 4.00. The number of hydrogen-bond acceptors (Lipinski definition) is 2. The van der Waals surface area contributed by atoms with Crippen molar-refractivity contribution in [3.05, 3.63) is 59.9 Å². The second kappa shape index (κ2) is 5.05. The zero-order valence-corrected chi connectivity index (χ0v) is 10.9. The van der Waals surface area contributed by atoms with Crippen molar-refractivity contribution in [1.82, 2.24) is 0 Å². The average molecular weight is 273 g/mol. The molecule has 3 rings (SSSR count). The van der Waals surface area contributed by atoms with Crippen molar-refractivity contribution in [2.45, 2.75) is 16.6 Å². The van der Waals surface area contributed by atoms with E-state index in [0.29, 0.717) is 6.42 Å². The molecule has 0 bridgehead atoms. The molecule has 0 spiro atoms. The van der Waals surface area contributed by atoms with Crippen LogP contribution in [0.4, 0.5) is 10.1 Å². The molecule has 1 atom stereocenters. The van der Waals surface area contributed by atoms with Crippen LogP contribution in [0.5, 0.6) is 0 Å². The maximum atomic E-state index is 13.0. The van der Waals surface area contributed by atoms with E-state index in [4.69, 9.17) is 0 Å². The first-order valence-corrected chi connectivity index (χ1v) is 6.91. The molecule has 2 aromatic carbocycles. The summed E-state index contributed by atoms with van der Waals surface area (Å²) >= 11 is 1.63. The highest BCUT2D eigenvalue weighted by molar-refractivity contribution is 7.99. The van der Waals surface area contributed by atoms with Crippen LogP contribution in [0.1, 0.15) is 17.2 Å². The van der Waals surface area contributed by atoms with Crippen molar-refractivity contribution < 1.29 is 9.18 Å². The highest BCUT2D eigenvalue weighted by Gasteiger charge is 2.23. The molecule has 1 aliphatic rings. The van der Waals surface area contributed by atoms with Gasteiger partial charge in [-0.1, -0.05) is 24.3 Å². The van der Waals surface area contributed by atoms with E-state index in [1.165, 1.54) is 12.1 Å². The van der Waals surface area contributed by atoms with E-state index in [1.807, 2.05) is 24.3 Å². The van der Waals surface area contributed by atoms with Gasteiger partial charge < -0.3 is 5.32 Å². The smallest absolute Gasteiger partial charge is 0.225 e. The van der Waals surface area contributed by atoms with E-state index in [0.717, 1.165) is 16.1 Å². The lowest BCUT2D eigenvalue weighted by molar-refractivity contribution is -0.116. The first kappa shape index (κ1) is 12.2. The van der Waals surface area contributed by atoms with Gasteiger partial charge in [0, 0.05) is 16.6 Å². The number of fused-ring (bicyclic) bond motifs is 1. The topological polar surface area (TPSA) is 29.1 Å². The highest BCUT2D eigenvalue weighted by atomic mass is 32.2. The van der Waals surface area contributed by atoms with Crippen LogP contribution in [0.15, 0.2) is 53.4 Å². The second-order valence-electron chi connectivity index (χ2n) is 4.41. The highest BCUT2D eigenvalue weighted by Crippen LogP contribution is 2.43. The summed E-state index contributed by atoms with van der Waals surface area (Å²) in [4.78, 5) is 12.9. The van der Waals surface area contributed by atoms with Gasteiger partial charge in [0.1, 0.15) is 5.82 Å². The third kappa shape index (κ3) is 2.63. The fourth-order valence-corrected chi connectivity index (χ4v) is 3.34. The van der Waals surface area contributed by atoms with Gasteiger partial charge in [-0.15, -0.1) is 11.8 Å². The summed E-state index contributed by atoms with van der Waals surface area (Å²) in [6.45, 7) is 0. The Morgan fingerprint density at radius 1 is 1.11 bits per heavy atom. The third-order valence-electron chi connectivity index (χ3n) is 3.04. The van der Waals surface area contributed by atoms with Gasteiger partial charge in [0.2, 0.25) is 5.91 Å². The van der Waals surface area contributed by atoms with Gasteiger partial charge in [-0.3, -0.25) is 4.79 Å². The molecular weight excluding hydrogens is 261 g/mol. The number of benzene rings is 2. The predicted molar refractivity (Wildman–Crippen MR) is 74.7 cm³/mol. The first-order valence-electron chi connectivity index (χ1n) is 6.03. The molecule has 0 aromatic heterocycles. The summed E-state index contributed by atoms with van der Waals surface area (Å²) in [7, 11) is 0. The van der Waals surface area contributed by atoms with Crippen LogP contribution in [0.2, 0.25) is 0 Å². The van der Waals surface area contributed by atoms with E-state index in [9.17, 15) is 9.18 Å². The molecule has 0 aliphatic carbocycles. The Morgan fingerprint density at radius 2 is 1.84 bits per heavy atom. The van der Waals surface area contributed by atoms with Crippen molar-refractivity contribution in [2.24, 2.45) is 0 Å². The first-order chi connectivity index (χ1) is 9.22. The number of rotatable bonds is 1. The molecule has 0 saturated heterocycles. The normalized spacial score (nSPS) is 18.4. The zero-order chi connectivity index (χ0) is 13.2. The monoisotopic (exact) mass is 273 g/mol. The van der Waals surface area contributed by atoms with Gasteiger partial charge in [0.15, 0.2) is 0 Å². The van der Waals surface area contributed by atoms with Crippen LogP contribution < -0.4 is 5.32 Å². The second-order valence-corrected chi connectivity index (χ2v) is 5.65. The van der Waals surface area contributed by atoms with Crippen molar-refractivity contribution in [2.75, 3.05) is 5.32 Å². The molecule has 0 fully saturated rings. The number of anilines is 1. The summed E-state index contributed by atoms with van der Waals surface area (Å²) in [6.07, 6.45) is 0.394. The summed E-state index contributed by atoms with van der Waals surface area (Å²) in [5.74, 6) is -0.265. The molecule has 4 heteroatoms. The minimum atomic E-state index is -0.257. The Hall–Kier alpha value is -1.81. The van der Waals surface area contributed by atoms with Crippen LogP contribution in [0.25, 0.3) is 0 Å². The van der Waals surface area contributed by atoms with Gasteiger partial charge in [-0.25, -0.2) is 4.39 Å².